The first-order valence-electron chi connectivity index (χ1n) is 3.90. The third kappa shape index (κ3) is 4.44. The van der Waals surface area contributed by atoms with E-state index in [2.05, 4.69) is 0 Å². The van der Waals surface area contributed by atoms with Crippen LogP contribution in [0.2, 0.25) is 0 Å². The zero-order valence-electron chi connectivity index (χ0n) is 7.14. The standard InChI is InChI=1S/C7H14N2O4/c8-3-4(6(10)11)1-2-5(9)7(12)13/h4-5H,1-3,8-9H2,(H,10,11)(H,12,13)/t4?,5-/m0/s1. The number of hydrogen-bond donors (Lipinski definition) is 4. The highest BCUT2D eigenvalue weighted by molar-refractivity contribution is 5.73. The van der Waals surface area contributed by atoms with Gasteiger partial charge in [-0.15, -0.1) is 0 Å². The first-order valence-corrected chi connectivity index (χ1v) is 3.90. The lowest BCUT2D eigenvalue weighted by molar-refractivity contribution is -0.143. The van der Waals surface area contributed by atoms with Crippen molar-refractivity contribution in [3.05, 3.63) is 0 Å². The molecular weight excluding hydrogens is 176 g/mol. The summed E-state index contributed by atoms with van der Waals surface area (Å²) >= 11 is 0. The molecule has 0 rings (SSSR count). The second-order valence-corrected chi connectivity index (χ2v) is 2.79. The zero-order chi connectivity index (χ0) is 10.4. The summed E-state index contributed by atoms with van der Waals surface area (Å²) in [6.45, 7) is 0.00166. The van der Waals surface area contributed by atoms with E-state index in [4.69, 9.17) is 21.7 Å². The van der Waals surface area contributed by atoms with Gasteiger partial charge in [-0.3, -0.25) is 9.59 Å². The third-order valence-electron chi connectivity index (χ3n) is 1.78. The Balaban J connectivity index is 3.85. The van der Waals surface area contributed by atoms with Crippen LogP contribution in [0.3, 0.4) is 0 Å². The van der Waals surface area contributed by atoms with Crippen molar-refractivity contribution in [3.63, 3.8) is 0 Å². The van der Waals surface area contributed by atoms with E-state index < -0.39 is 23.9 Å². The highest BCUT2D eigenvalue weighted by Crippen LogP contribution is 2.06. The average molecular weight is 190 g/mol. The lowest BCUT2D eigenvalue weighted by atomic mass is 10.0. The van der Waals surface area contributed by atoms with Crippen molar-refractivity contribution in [2.24, 2.45) is 17.4 Å². The lowest BCUT2D eigenvalue weighted by Gasteiger charge is -2.10. The molecule has 0 spiro atoms. The van der Waals surface area contributed by atoms with Crippen molar-refractivity contribution < 1.29 is 19.8 Å². The van der Waals surface area contributed by atoms with Crippen LogP contribution in [0.4, 0.5) is 0 Å². The van der Waals surface area contributed by atoms with E-state index in [1.54, 1.807) is 0 Å². The Hall–Kier alpha value is -1.14. The van der Waals surface area contributed by atoms with E-state index >= 15 is 0 Å². The quantitative estimate of drug-likeness (QED) is 0.418. The summed E-state index contributed by atoms with van der Waals surface area (Å²) in [5, 5.41) is 17.0. The molecule has 0 heterocycles. The SMILES string of the molecule is NCC(CC[C@H](N)C(=O)O)C(=O)O. The molecule has 2 atom stereocenters. The van der Waals surface area contributed by atoms with Gasteiger partial charge in [0.15, 0.2) is 0 Å². The molecule has 0 aliphatic heterocycles. The Morgan fingerprint density at radius 1 is 1.15 bits per heavy atom. The normalized spacial score (nSPS) is 14.9. The highest BCUT2D eigenvalue weighted by Gasteiger charge is 2.19. The van der Waals surface area contributed by atoms with Crippen LogP contribution in [0.1, 0.15) is 12.8 Å². The minimum atomic E-state index is -1.12. The maximum Gasteiger partial charge on any atom is 0.320 e. The first kappa shape index (κ1) is 11.9. The summed E-state index contributed by atoms with van der Waals surface area (Å²) in [6.07, 6.45) is 0.322. The Labute approximate surface area is 75.5 Å². The van der Waals surface area contributed by atoms with Crippen molar-refractivity contribution in [1.82, 2.24) is 0 Å². The van der Waals surface area contributed by atoms with Gasteiger partial charge < -0.3 is 21.7 Å². The van der Waals surface area contributed by atoms with Crippen LogP contribution >= 0.6 is 0 Å². The van der Waals surface area contributed by atoms with E-state index in [0.717, 1.165) is 0 Å². The van der Waals surface area contributed by atoms with Gasteiger partial charge in [-0.2, -0.15) is 0 Å². The zero-order valence-corrected chi connectivity index (χ0v) is 7.14. The van der Waals surface area contributed by atoms with Gasteiger partial charge in [-0.1, -0.05) is 0 Å². The van der Waals surface area contributed by atoms with Crippen LogP contribution in [-0.2, 0) is 9.59 Å². The predicted molar refractivity (Wildman–Crippen MR) is 45.0 cm³/mol. The van der Waals surface area contributed by atoms with E-state index in [0.29, 0.717) is 0 Å². The monoisotopic (exact) mass is 190 g/mol. The summed E-state index contributed by atoms with van der Waals surface area (Å²) in [5.74, 6) is -2.84. The highest BCUT2D eigenvalue weighted by atomic mass is 16.4. The molecule has 0 aromatic carbocycles. The number of hydrogen-bond acceptors (Lipinski definition) is 4. The largest absolute Gasteiger partial charge is 0.481 e. The molecule has 0 saturated carbocycles. The average Bonchev–Trinajstić information content (AvgIpc) is 2.04. The Morgan fingerprint density at radius 2 is 1.69 bits per heavy atom. The van der Waals surface area contributed by atoms with Crippen molar-refractivity contribution in [3.8, 4) is 0 Å². The van der Waals surface area contributed by atoms with Crippen LogP contribution in [0.5, 0.6) is 0 Å². The van der Waals surface area contributed by atoms with Crippen LogP contribution in [-0.4, -0.2) is 34.7 Å². The van der Waals surface area contributed by atoms with E-state index in [1.165, 1.54) is 0 Å². The van der Waals surface area contributed by atoms with Crippen molar-refractivity contribution >= 4 is 11.9 Å². The molecule has 0 aliphatic rings. The van der Waals surface area contributed by atoms with Crippen LogP contribution in [0.15, 0.2) is 0 Å². The van der Waals surface area contributed by atoms with E-state index in [9.17, 15) is 9.59 Å². The number of carboxylic acids is 2. The molecule has 6 nitrogen and oxygen atoms in total. The van der Waals surface area contributed by atoms with Gasteiger partial charge in [0.05, 0.1) is 5.92 Å². The summed E-state index contributed by atoms with van der Waals surface area (Å²) in [6, 6.07) is -1.01. The summed E-state index contributed by atoms with van der Waals surface area (Å²) in [5.41, 5.74) is 10.4. The topological polar surface area (TPSA) is 127 Å². The maximum absolute atomic E-state index is 10.4. The van der Waals surface area contributed by atoms with Gasteiger partial charge in [0.1, 0.15) is 6.04 Å². The second-order valence-electron chi connectivity index (χ2n) is 2.79. The maximum atomic E-state index is 10.4. The number of rotatable bonds is 6. The first-order chi connectivity index (χ1) is 5.99. The van der Waals surface area contributed by atoms with Gasteiger partial charge in [0, 0.05) is 6.54 Å². The smallest absolute Gasteiger partial charge is 0.320 e. The predicted octanol–water partition coefficient (Wildman–Crippen LogP) is -1.16. The van der Waals surface area contributed by atoms with E-state index in [1.807, 2.05) is 0 Å². The van der Waals surface area contributed by atoms with Gasteiger partial charge in [-0.05, 0) is 12.8 Å². The molecule has 13 heavy (non-hydrogen) atoms. The van der Waals surface area contributed by atoms with Crippen molar-refractivity contribution in [2.45, 2.75) is 18.9 Å². The third-order valence-corrected chi connectivity index (χ3v) is 1.78. The fourth-order valence-corrected chi connectivity index (χ4v) is 0.846. The Morgan fingerprint density at radius 3 is 2.00 bits per heavy atom. The molecule has 0 bridgehead atoms. The van der Waals surface area contributed by atoms with E-state index in [-0.39, 0.29) is 19.4 Å². The minimum Gasteiger partial charge on any atom is -0.481 e. The molecular formula is C7H14N2O4. The fourth-order valence-electron chi connectivity index (χ4n) is 0.846. The molecule has 76 valence electrons. The van der Waals surface area contributed by atoms with Crippen LogP contribution in [0.25, 0.3) is 0 Å². The summed E-state index contributed by atoms with van der Waals surface area (Å²) in [7, 11) is 0. The Bertz CT molecular complexity index is 195. The second kappa shape index (κ2) is 5.50. The van der Waals surface area contributed by atoms with Gasteiger partial charge in [-0.25, -0.2) is 0 Å². The molecule has 0 fully saturated rings. The van der Waals surface area contributed by atoms with Gasteiger partial charge >= 0.3 is 11.9 Å². The minimum absolute atomic E-state index is 0.00166. The summed E-state index contributed by atoms with van der Waals surface area (Å²) < 4.78 is 0. The number of carbonyl (C=O) groups is 2. The van der Waals surface area contributed by atoms with Crippen LogP contribution in [0, 0.1) is 5.92 Å². The van der Waals surface area contributed by atoms with Gasteiger partial charge in [0.2, 0.25) is 0 Å². The summed E-state index contributed by atoms with van der Waals surface area (Å²) in [4.78, 5) is 20.7. The molecule has 0 aliphatic carbocycles. The molecule has 1 unspecified atom stereocenters. The number of aliphatic carboxylic acids is 2. The van der Waals surface area contributed by atoms with Crippen molar-refractivity contribution in [2.75, 3.05) is 6.54 Å². The van der Waals surface area contributed by atoms with Crippen LogP contribution < -0.4 is 11.5 Å². The molecule has 0 radical (unpaired) electrons. The molecule has 6 heteroatoms. The molecule has 0 aromatic heterocycles. The van der Waals surface area contributed by atoms with Crippen molar-refractivity contribution in [1.29, 1.82) is 0 Å². The lowest BCUT2D eigenvalue weighted by Crippen LogP contribution is -2.32. The Kier molecular flexibility index (Phi) is 5.01. The molecule has 0 amide bonds. The number of nitrogens with two attached hydrogens (primary N) is 2. The molecule has 6 N–H and O–H groups in total. The molecule has 0 aromatic rings. The molecule has 0 saturated heterocycles. The van der Waals surface area contributed by atoms with Gasteiger partial charge in [0.25, 0.3) is 0 Å². The fraction of sp³-hybridized carbons (Fsp3) is 0.714. The number of carboxylic acid groups (broad SMARTS) is 2.